The molecule has 1 aliphatic heterocycles. The van der Waals surface area contributed by atoms with E-state index in [9.17, 15) is 13.2 Å². The van der Waals surface area contributed by atoms with Gasteiger partial charge in [-0.2, -0.15) is 13.2 Å². The van der Waals surface area contributed by atoms with E-state index in [1.807, 2.05) is 13.8 Å². The first kappa shape index (κ1) is 42.0. The molecule has 0 spiro atoms. The standard InChI is InChI=1S/C31H45N.C11H13F3.C3H6/c1-6-13-25(5)28-19-18-27(22-29(28)31-21-20-30(32-31)26-16-17-26)24(4)15-12-10-8-7-9-11-14-23(2)3;1-2-3-6-9-7-4-5-8-10(9)11(12,13)14;1-3-2/h18-19,21-22,25-26H,2,4,6-17,20H2,1,3,5H3;4-5,7-8H,2-3,6H2,1H3;3H,1H2,2H3. The van der Waals surface area contributed by atoms with Gasteiger partial charge >= 0.3 is 6.18 Å². The topological polar surface area (TPSA) is 12.4 Å². The van der Waals surface area contributed by atoms with Crippen molar-refractivity contribution in [3.05, 3.63) is 108 Å². The van der Waals surface area contributed by atoms with Gasteiger partial charge in [-0.05, 0) is 118 Å². The molecule has 0 radical (unpaired) electrons. The van der Waals surface area contributed by atoms with Gasteiger partial charge in [-0.3, -0.25) is 4.99 Å². The molecule has 49 heavy (non-hydrogen) atoms. The van der Waals surface area contributed by atoms with Gasteiger partial charge in [-0.15, -0.1) is 13.2 Å². The molecule has 1 unspecified atom stereocenters. The van der Waals surface area contributed by atoms with E-state index >= 15 is 0 Å². The maximum absolute atomic E-state index is 12.5. The zero-order valence-corrected chi connectivity index (χ0v) is 31.4. The van der Waals surface area contributed by atoms with E-state index in [2.05, 4.69) is 64.8 Å². The van der Waals surface area contributed by atoms with Gasteiger partial charge in [0.15, 0.2) is 0 Å². The minimum absolute atomic E-state index is 0.404. The Balaban J connectivity index is 0.000000407. The number of halogens is 3. The number of rotatable bonds is 18. The molecule has 0 saturated heterocycles. The van der Waals surface area contributed by atoms with Gasteiger partial charge in [0.25, 0.3) is 0 Å². The molecule has 2 aromatic rings. The van der Waals surface area contributed by atoms with Crippen molar-refractivity contribution in [2.45, 2.75) is 149 Å². The molecule has 0 N–H and O–H groups in total. The van der Waals surface area contributed by atoms with Crippen LogP contribution in [-0.4, -0.2) is 5.71 Å². The molecule has 4 rings (SSSR count). The lowest BCUT2D eigenvalue weighted by atomic mass is 9.88. The van der Waals surface area contributed by atoms with Gasteiger partial charge in [-0.25, -0.2) is 0 Å². The first-order valence-electron chi connectivity index (χ1n) is 18.9. The molecule has 270 valence electrons. The van der Waals surface area contributed by atoms with Crippen molar-refractivity contribution in [2.24, 2.45) is 10.9 Å². The number of hydrogen-bond acceptors (Lipinski definition) is 1. The molecule has 1 aliphatic carbocycles. The second kappa shape index (κ2) is 22.6. The van der Waals surface area contributed by atoms with Gasteiger partial charge < -0.3 is 0 Å². The fraction of sp³-hybridized carbons (Fsp3) is 0.533. The summed E-state index contributed by atoms with van der Waals surface area (Å²) in [6, 6.07) is 12.9. The van der Waals surface area contributed by atoms with E-state index in [-0.39, 0.29) is 0 Å². The summed E-state index contributed by atoms with van der Waals surface area (Å²) in [5, 5.41) is 0. The summed E-state index contributed by atoms with van der Waals surface area (Å²) in [4.78, 5) is 5.09. The maximum atomic E-state index is 12.5. The second-order valence-electron chi connectivity index (χ2n) is 14.0. The van der Waals surface area contributed by atoms with Gasteiger partial charge in [0.05, 0.1) is 11.3 Å². The predicted molar refractivity (Wildman–Crippen MR) is 209 cm³/mol. The zero-order valence-electron chi connectivity index (χ0n) is 31.4. The predicted octanol–water partition coefficient (Wildman–Crippen LogP) is 15.1. The van der Waals surface area contributed by atoms with E-state index in [0.717, 1.165) is 37.7 Å². The van der Waals surface area contributed by atoms with Crippen LogP contribution in [-0.2, 0) is 12.6 Å². The van der Waals surface area contributed by atoms with Crippen LogP contribution in [0.1, 0.15) is 165 Å². The highest BCUT2D eigenvalue weighted by molar-refractivity contribution is 5.99. The Labute approximate surface area is 297 Å². The first-order valence-corrected chi connectivity index (χ1v) is 18.9. The Hall–Kier alpha value is -3.14. The maximum Gasteiger partial charge on any atom is 0.416 e. The number of benzene rings is 2. The molecule has 2 aromatic carbocycles. The van der Waals surface area contributed by atoms with Crippen LogP contribution in [0.5, 0.6) is 0 Å². The van der Waals surface area contributed by atoms with Crippen LogP contribution < -0.4 is 0 Å². The van der Waals surface area contributed by atoms with Crippen LogP contribution in [0.4, 0.5) is 13.2 Å². The van der Waals surface area contributed by atoms with Crippen LogP contribution in [0.15, 0.2) is 84.9 Å². The minimum Gasteiger partial charge on any atom is -0.257 e. The molecule has 1 heterocycles. The van der Waals surface area contributed by atoms with Crippen LogP contribution in [0.3, 0.4) is 0 Å². The van der Waals surface area contributed by atoms with Gasteiger partial charge in [-0.1, -0.05) is 114 Å². The average Bonchev–Trinajstić information content (AvgIpc) is 3.81. The normalized spacial score (nSPS) is 14.4. The Morgan fingerprint density at radius 3 is 2.14 bits per heavy atom. The average molecular weight is 676 g/mol. The lowest BCUT2D eigenvalue weighted by Gasteiger charge is -2.18. The third kappa shape index (κ3) is 15.5. The van der Waals surface area contributed by atoms with Crippen LogP contribution >= 0.6 is 0 Å². The van der Waals surface area contributed by atoms with Crippen LogP contribution in [0.2, 0.25) is 0 Å². The van der Waals surface area contributed by atoms with E-state index in [1.54, 1.807) is 18.2 Å². The highest BCUT2D eigenvalue weighted by atomic mass is 19.4. The molecule has 2 aliphatic rings. The number of nitrogens with zero attached hydrogens (tertiary/aromatic N) is 1. The van der Waals surface area contributed by atoms with Crippen molar-refractivity contribution in [1.29, 1.82) is 0 Å². The first-order chi connectivity index (χ1) is 23.5. The molecule has 1 atom stereocenters. The van der Waals surface area contributed by atoms with Crippen LogP contribution in [0.25, 0.3) is 11.3 Å². The largest absolute Gasteiger partial charge is 0.416 e. The Kier molecular flexibility index (Phi) is 19.3. The molecular weight excluding hydrogens is 611 g/mol. The number of alkyl halides is 3. The Morgan fingerprint density at radius 2 is 1.55 bits per heavy atom. The fourth-order valence-electron chi connectivity index (χ4n) is 6.31. The summed E-state index contributed by atoms with van der Waals surface area (Å²) in [5.74, 6) is 1.34. The van der Waals surface area contributed by atoms with Gasteiger partial charge in [0.2, 0.25) is 0 Å². The summed E-state index contributed by atoms with van der Waals surface area (Å²) in [7, 11) is 0. The van der Waals surface area contributed by atoms with Gasteiger partial charge in [0, 0.05) is 17.7 Å². The van der Waals surface area contributed by atoms with Crippen molar-refractivity contribution in [2.75, 3.05) is 0 Å². The summed E-state index contributed by atoms with van der Waals surface area (Å²) in [6.07, 6.45) is 18.5. The number of allylic oxidation sites excluding steroid dienone is 4. The monoisotopic (exact) mass is 675 g/mol. The van der Waals surface area contributed by atoms with Crippen LogP contribution in [0, 0.1) is 5.92 Å². The highest BCUT2D eigenvalue weighted by Gasteiger charge is 2.32. The van der Waals surface area contributed by atoms with E-state index < -0.39 is 11.7 Å². The lowest BCUT2D eigenvalue weighted by molar-refractivity contribution is -0.138. The molecule has 4 heteroatoms. The lowest BCUT2D eigenvalue weighted by Crippen LogP contribution is -2.08. The quantitative estimate of drug-likeness (QED) is 0.110. The van der Waals surface area contributed by atoms with Gasteiger partial charge in [0.1, 0.15) is 0 Å². The summed E-state index contributed by atoms with van der Waals surface area (Å²) < 4.78 is 37.4. The third-order valence-electron chi connectivity index (χ3n) is 9.26. The van der Waals surface area contributed by atoms with Crippen molar-refractivity contribution < 1.29 is 13.2 Å². The highest BCUT2D eigenvalue weighted by Crippen LogP contribution is 2.39. The van der Waals surface area contributed by atoms with Crippen molar-refractivity contribution in [3.8, 4) is 0 Å². The van der Waals surface area contributed by atoms with E-state index in [1.165, 1.54) is 116 Å². The molecule has 0 aromatic heterocycles. The Bertz CT molecular complexity index is 1370. The molecule has 1 fully saturated rings. The Morgan fingerprint density at radius 1 is 0.918 bits per heavy atom. The number of aryl methyl sites for hydroxylation is 1. The number of aliphatic imine (C=N–C) groups is 1. The van der Waals surface area contributed by atoms with E-state index in [4.69, 9.17) is 4.99 Å². The number of hydrogen-bond donors (Lipinski definition) is 0. The smallest absolute Gasteiger partial charge is 0.257 e. The minimum atomic E-state index is -4.22. The third-order valence-corrected chi connectivity index (χ3v) is 9.26. The second-order valence-corrected chi connectivity index (χ2v) is 14.0. The zero-order chi connectivity index (χ0) is 36.2. The van der Waals surface area contributed by atoms with E-state index in [0.29, 0.717) is 17.9 Å². The van der Waals surface area contributed by atoms with Crippen molar-refractivity contribution in [1.82, 2.24) is 0 Å². The summed E-state index contributed by atoms with van der Waals surface area (Å²) >= 11 is 0. The molecule has 0 bridgehead atoms. The number of unbranched alkanes of at least 4 members (excludes halogenated alkanes) is 6. The van der Waals surface area contributed by atoms with Crippen molar-refractivity contribution >= 4 is 17.0 Å². The summed E-state index contributed by atoms with van der Waals surface area (Å²) in [5.41, 5.74) is 9.28. The van der Waals surface area contributed by atoms with Crippen molar-refractivity contribution in [3.63, 3.8) is 0 Å². The fourth-order valence-corrected chi connectivity index (χ4v) is 6.31. The molecular formula is C45H64F3N. The molecule has 1 saturated carbocycles. The molecule has 0 amide bonds. The molecule has 1 nitrogen and oxygen atoms in total. The SMILES string of the molecule is C=C(C)CCCCCCCCC(=C)c1ccc(C(C)CCC)c(C2=CCC(C3CC3)=N2)c1.C=CC.CCCCc1ccccc1C(F)(F)F. The summed E-state index contributed by atoms with van der Waals surface area (Å²) in [6.45, 7) is 22.5.